The van der Waals surface area contributed by atoms with Crippen LogP contribution in [0.1, 0.15) is 13.3 Å². The molecule has 1 amide bonds. The molecule has 0 fully saturated rings. The van der Waals surface area contributed by atoms with E-state index in [0.29, 0.717) is 22.9 Å². The Morgan fingerprint density at radius 2 is 2.31 bits per heavy atom. The van der Waals surface area contributed by atoms with Crippen molar-refractivity contribution < 1.29 is 9.53 Å². The number of nitrogens with two attached hydrogens (primary N) is 1. The Kier molecular flexibility index (Phi) is 4.43. The number of methoxy groups -OCH3 is 1. The number of benzene rings is 1. The smallest absolute Gasteiger partial charge is 0.239 e. The maximum absolute atomic E-state index is 11.1. The molecule has 1 rings (SSSR count). The Labute approximate surface area is 99.7 Å². The number of carbonyl (C=O) groups is 1. The molecule has 16 heavy (non-hydrogen) atoms. The summed E-state index contributed by atoms with van der Waals surface area (Å²) in [6.45, 7) is 1.87. The van der Waals surface area contributed by atoms with Gasteiger partial charge in [0, 0.05) is 6.07 Å². The van der Waals surface area contributed by atoms with Gasteiger partial charge in [0.05, 0.1) is 17.8 Å². The van der Waals surface area contributed by atoms with Gasteiger partial charge in [0.15, 0.2) is 0 Å². The van der Waals surface area contributed by atoms with Crippen molar-refractivity contribution >= 4 is 23.2 Å². The van der Waals surface area contributed by atoms with Crippen LogP contribution in [0.25, 0.3) is 0 Å². The second-order valence-electron chi connectivity index (χ2n) is 3.35. The van der Waals surface area contributed by atoms with Crippen molar-refractivity contribution in [2.45, 2.75) is 19.4 Å². The first-order chi connectivity index (χ1) is 7.58. The third-order valence-electron chi connectivity index (χ3n) is 2.25. The van der Waals surface area contributed by atoms with E-state index >= 15 is 0 Å². The Hall–Kier alpha value is -1.42. The zero-order valence-electron chi connectivity index (χ0n) is 9.29. The quantitative estimate of drug-likeness (QED) is 0.830. The van der Waals surface area contributed by atoms with Gasteiger partial charge < -0.3 is 15.8 Å². The number of primary amides is 1. The van der Waals surface area contributed by atoms with Crippen molar-refractivity contribution in [3.05, 3.63) is 23.2 Å². The number of ether oxygens (including phenoxy) is 1. The van der Waals surface area contributed by atoms with Crippen molar-refractivity contribution in [2.75, 3.05) is 12.4 Å². The van der Waals surface area contributed by atoms with Crippen LogP contribution in [0.5, 0.6) is 5.75 Å². The Balaban J connectivity index is 2.90. The summed E-state index contributed by atoms with van der Waals surface area (Å²) in [5.74, 6) is 0.271. The third-order valence-corrected chi connectivity index (χ3v) is 2.58. The largest absolute Gasteiger partial charge is 0.497 e. The first kappa shape index (κ1) is 12.6. The molecule has 88 valence electrons. The molecule has 0 spiro atoms. The molecule has 1 aromatic rings. The van der Waals surface area contributed by atoms with Gasteiger partial charge in [-0.2, -0.15) is 0 Å². The van der Waals surface area contributed by atoms with E-state index in [2.05, 4.69) is 5.32 Å². The lowest BCUT2D eigenvalue weighted by Gasteiger charge is -2.16. The van der Waals surface area contributed by atoms with Crippen molar-refractivity contribution in [1.29, 1.82) is 0 Å². The van der Waals surface area contributed by atoms with E-state index in [-0.39, 0.29) is 0 Å². The van der Waals surface area contributed by atoms with Gasteiger partial charge in [-0.25, -0.2) is 0 Å². The topological polar surface area (TPSA) is 64.3 Å². The summed E-state index contributed by atoms with van der Waals surface area (Å²) in [7, 11) is 1.57. The fraction of sp³-hybridized carbons (Fsp3) is 0.364. The van der Waals surface area contributed by atoms with E-state index in [0.717, 1.165) is 0 Å². The number of nitrogens with one attached hydrogen (secondary N) is 1. The number of halogens is 1. The molecule has 0 aliphatic heterocycles. The summed E-state index contributed by atoms with van der Waals surface area (Å²) in [5.41, 5.74) is 5.88. The predicted octanol–water partition coefficient (Wildman–Crippen LogP) is 2.02. The lowest BCUT2D eigenvalue weighted by atomic mass is 10.2. The summed E-state index contributed by atoms with van der Waals surface area (Å²) in [6, 6.07) is 4.76. The minimum Gasteiger partial charge on any atom is -0.497 e. The van der Waals surface area contributed by atoms with Crippen molar-refractivity contribution in [1.82, 2.24) is 0 Å². The van der Waals surface area contributed by atoms with Crippen LogP contribution in [0.2, 0.25) is 5.02 Å². The molecule has 5 heteroatoms. The molecule has 0 aliphatic carbocycles. The predicted molar refractivity (Wildman–Crippen MR) is 64.9 cm³/mol. The van der Waals surface area contributed by atoms with Gasteiger partial charge in [-0.15, -0.1) is 0 Å². The van der Waals surface area contributed by atoms with Crippen molar-refractivity contribution in [2.24, 2.45) is 5.73 Å². The average molecular weight is 243 g/mol. The number of anilines is 1. The zero-order valence-corrected chi connectivity index (χ0v) is 10.0. The van der Waals surface area contributed by atoms with Crippen LogP contribution in [0.4, 0.5) is 5.69 Å². The number of rotatable bonds is 5. The van der Waals surface area contributed by atoms with Gasteiger partial charge in [-0.3, -0.25) is 4.79 Å². The SMILES string of the molecule is CCC(Nc1cc(OC)ccc1Cl)C(N)=O. The summed E-state index contributed by atoms with van der Waals surface area (Å²) >= 11 is 5.99. The minimum atomic E-state index is -0.426. The van der Waals surface area contributed by atoms with Gasteiger partial charge in [0.2, 0.25) is 5.91 Å². The van der Waals surface area contributed by atoms with Crippen LogP contribution in [-0.4, -0.2) is 19.1 Å². The van der Waals surface area contributed by atoms with E-state index in [9.17, 15) is 4.79 Å². The standard InChI is InChI=1S/C11H15ClN2O2/c1-3-9(11(13)15)14-10-6-7(16-2)4-5-8(10)12/h4-6,9,14H,3H2,1-2H3,(H2,13,15). The minimum absolute atomic E-state index is 0.401. The fourth-order valence-corrected chi connectivity index (χ4v) is 1.48. The lowest BCUT2D eigenvalue weighted by molar-refractivity contribution is -0.118. The molecule has 0 saturated heterocycles. The van der Waals surface area contributed by atoms with Crippen LogP contribution in [0, 0.1) is 0 Å². The first-order valence-electron chi connectivity index (χ1n) is 4.97. The average Bonchev–Trinajstić information content (AvgIpc) is 2.27. The van der Waals surface area contributed by atoms with E-state index in [1.807, 2.05) is 6.92 Å². The van der Waals surface area contributed by atoms with E-state index in [1.54, 1.807) is 25.3 Å². The molecule has 0 aromatic heterocycles. The number of carbonyl (C=O) groups excluding carboxylic acids is 1. The fourth-order valence-electron chi connectivity index (χ4n) is 1.30. The van der Waals surface area contributed by atoms with E-state index in [1.165, 1.54) is 0 Å². The molecule has 0 heterocycles. The van der Waals surface area contributed by atoms with Crippen LogP contribution >= 0.6 is 11.6 Å². The number of hydrogen-bond donors (Lipinski definition) is 2. The monoisotopic (exact) mass is 242 g/mol. The highest BCUT2D eigenvalue weighted by molar-refractivity contribution is 6.33. The van der Waals surface area contributed by atoms with Crippen molar-refractivity contribution in [3.8, 4) is 5.75 Å². The Morgan fingerprint density at radius 3 is 2.81 bits per heavy atom. The van der Waals surface area contributed by atoms with E-state index < -0.39 is 11.9 Å². The molecule has 0 bridgehead atoms. The second-order valence-corrected chi connectivity index (χ2v) is 3.76. The number of amides is 1. The molecule has 4 nitrogen and oxygen atoms in total. The normalized spacial score (nSPS) is 11.9. The summed E-state index contributed by atoms with van der Waals surface area (Å²) in [4.78, 5) is 11.1. The van der Waals surface area contributed by atoms with Crippen LogP contribution in [-0.2, 0) is 4.79 Å². The molecule has 1 unspecified atom stereocenters. The first-order valence-corrected chi connectivity index (χ1v) is 5.35. The van der Waals surface area contributed by atoms with Crippen LogP contribution in [0.3, 0.4) is 0 Å². The van der Waals surface area contributed by atoms with Gasteiger partial charge in [-0.1, -0.05) is 18.5 Å². The molecule has 0 saturated carbocycles. The van der Waals surface area contributed by atoms with Gasteiger partial charge >= 0.3 is 0 Å². The molecule has 0 radical (unpaired) electrons. The maximum Gasteiger partial charge on any atom is 0.239 e. The van der Waals surface area contributed by atoms with E-state index in [4.69, 9.17) is 22.1 Å². The molecular weight excluding hydrogens is 228 g/mol. The molecule has 1 aromatic carbocycles. The summed E-state index contributed by atoms with van der Waals surface area (Å²) < 4.78 is 5.07. The highest BCUT2D eigenvalue weighted by Gasteiger charge is 2.14. The van der Waals surface area contributed by atoms with Crippen LogP contribution in [0.15, 0.2) is 18.2 Å². The molecule has 0 aliphatic rings. The Bertz CT molecular complexity index is 382. The van der Waals surface area contributed by atoms with Crippen molar-refractivity contribution in [3.63, 3.8) is 0 Å². The second kappa shape index (κ2) is 5.61. The summed E-state index contributed by atoms with van der Waals surface area (Å²) in [6.07, 6.45) is 0.600. The molecule has 3 N–H and O–H groups in total. The van der Waals surface area contributed by atoms with Gasteiger partial charge in [0.1, 0.15) is 11.8 Å². The van der Waals surface area contributed by atoms with Crippen LogP contribution < -0.4 is 15.8 Å². The van der Waals surface area contributed by atoms with Gasteiger partial charge in [0.25, 0.3) is 0 Å². The lowest BCUT2D eigenvalue weighted by Crippen LogP contribution is -2.34. The zero-order chi connectivity index (χ0) is 12.1. The number of hydrogen-bond acceptors (Lipinski definition) is 3. The summed E-state index contributed by atoms with van der Waals surface area (Å²) in [5, 5.41) is 3.51. The molecule has 1 atom stereocenters. The Morgan fingerprint density at radius 1 is 1.62 bits per heavy atom. The maximum atomic E-state index is 11.1. The van der Waals surface area contributed by atoms with Gasteiger partial charge in [-0.05, 0) is 18.6 Å². The highest BCUT2D eigenvalue weighted by atomic mass is 35.5. The molecular formula is C11H15ClN2O2. The highest BCUT2D eigenvalue weighted by Crippen LogP contribution is 2.27. The third kappa shape index (κ3) is 3.03.